The minimum atomic E-state index is -1.26. The lowest BCUT2D eigenvalue weighted by atomic mass is 9.95. The van der Waals surface area contributed by atoms with Gasteiger partial charge in [0, 0.05) is 0 Å². The maximum atomic E-state index is 11.2. The molecular weight excluding hydrogens is 300 g/mol. The SMILES string of the molecule is CC(C)(Oc1ccccc1C(=O)O)c1ccc(O)c(C(=O)O)c1. The Bertz CT molecular complexity index is 763. The van der Waals surface area contributed by atoms with E-state index in [1.807, 2.05) is 0 Å². The molecule has 0 fully saturated rings. The Kier molecular flexibility index (Phi) is 4.27. The average molecular weight is 316 g/mol. The molecule has 2 aromatic rings. The summed E-state index contributed by atoms with van der Waals surface area (Å²) in [5.41, 5.74) is -0.736. The summed E-state index contributed by atoms with van der Waals surface area (Å²) in [6.45, 7) is 3.37. The van der Waals surface area contributed by atoms with Gasteiger partial charge in [0.15, 0.2) is 0 Å². The number of phenols is 1. The second-order valence-electron chi connectivity index (χ2n) is 5.45. The molecule has 120 valence electrons. The summed E-state index contributed by atoms with van der Waals surface area (Å²) < 4.78 is 5.80. The highest BCUT2D eigenvalue weighted by Crippen LogP contribution is 2.32. The highest BCUT2D eigenvalue weighted by atomic mass is 16.5. The number of benzene rings is 2. The fraction of sp³-hybridized carbons (Fsp3) is 0.176. The molecule has 0 radical (unpaired) electrons. The maximum Gasteiger partial charge on any atom is 0.339 e. The smallest absolute Gasteiger partial charge is 0.339 e. The first-order valence-electron chi connectivity index (χ1n) is 6.80. The van der Waals surface area contributed by atoms with Crippen LogP contribution >= 0.6 is 0 Å². The van der Waals surface area contributed by atoms with Gasteiger partial charge in [0.05, 0.1) is 0 Å². The molecule has 0 amide bonds. The quantitative estimate of drug-likeness (QED) is 0.783. The maximum absolute atomic E-state index is 11.2. The Hall–Kier alpha value is -3.02. The van der Waals surface area contributed by atoms with Gasteiger partial charge in [0.2, 0.25) is 0 Å². The Morgan fingerprint density at radius 1 is 0.957 bits per heavy atom. The summed E-state index contributed by atoms with van der Waals surface area (Å²) in [4.78, 5) is 22.4. The van der Waals surface area contributed by atoms with Crippen molar-refractivity contribution in [3.8, 4) is 11.5 Å². The van der Waals surface area contributed by atoms with Gasteiger partial charge >= 0.3 is 11.9 Å². The second kappa shape index (κ2) is 6.00. The number of hydrogen-bond donors (Lipinski definition) is 3. The number of rotatable bonds is 5. The first-order chi connectivity index (χ1) is 10.7. The zero-order valence-corrected chi connectivity index (χ0v) is 12.6. The first-order valence-corrected chi connectivity index (χ1v) is 6.80. The van der Waals surface area contributed by atoms with Crippen LogP contribution in [0.4, 0.5) is 0 Å². The van der Waals surface area contributed by atoms with Gasteiger partial charge in [-0.05, 0) is 43.7 Å². The van der Waals surface area contributed by atoms with Gasteiger partial charge in [-0.3, -0.25) is 0 Å². The normalized spacial score (nSPS) is 11.0. The van der Waals surface area contributed by atoms with E-state index in [1.165, 1.54) is 30.3 Å². The number of para-hydroxylation sites is 1. The van der Waals surface area contributed by atoms with Crippen molar-refractivity contribution < 1.29 is 29.6 Å². The molecule has 3 N–H and O–H groups in total. The number of carboxylic acids is 2. The molecule has 23 heavy (non-hydrogen) atoms. The topological polar surface area (TPSA) is 104 Å². The van der Waals surface area contributed by atoms with Crippen LogP contribution in [0.15, 0.2) is 42.5 Å². The minimum absolute atomic E-state index is 0.0119. The molecule has 0 spiro atoms. The molecule has 0 bridgehead atoms. The van der Waals surface area contributed by atoms with Gasteiger partial charge in [0.25, 0.3) is 0 Å². The molecule has 2 rings (SSSR count). The molecule has 0 atom stereocenters. The van der Waals surface area contributed by atoms with E-state index in [0.29, 0.717) is 5.56 Å². The van der Waals surface area contributed by atoms with Crippen molar-refractivity contribution in [1.29, 1.82) is 0 Å². The Balaban J connectivity index is 2.42. The predicted molar refractivity (Wildman–Crippen MR) is 82.1 cm³/mol. The molecule has 2 aromatic carbocycles. The van der Waals surface area contributed by atoms with Crippen LogP contribution in [-0.2, 0) is 5.60 Å². The van der Waals surface area contributed by atoms with E-state index >= 15 is 0 Å². The van der Waals surface area contributed by atoms with Crippen LogP contribution in [0.2, 0.25) is 0 Å². The second-order valence-corrected chi connectivity index (χ2v) is 5.45. The van der Waals surface area contributed by atoms with Crippen LogP contribution in [-0.4, -0.2) is 27.3 Å². The van der Waals surface area contributed by atoms with Gasteiger partial charge in [-0.15, -0.1) is 0 Å². The van der Waals surface area contributed by atoms with E-state index in [0.717, 1.165) is 0 Å². The van der Waals surface area contributed by atoms with Crippen molar-refractivity contribution >= 4 is 11.9 Å². The molecule has 6 heteroatoms. The highest BCUT2D eigenvalue weighted by Gasteiger charge is 2.27. The largest absolute Gasteiger partial charge is 0.507 e. The Labute approximate surface area is 132 Å². The zero-order valence-electron chi connectivity index (χ0n) is 12.6. The number of hydrogen-bond acceptors (Lipinski definition) is 4. The molecule has 0 heterocycles. The third-order valence-electron chi connectivity index (χ3n) is 3.40. The van der Waals surface area contributed by atoms with Crippen LogP contribution in [0.3, 0.4) is 0 Å². The minimum Gasteiger partial charge on any atom is -0.507 e. The summed E-state index contributed by atoms with van der Waals surface area (Å²) in [6.07, 6.45) is 0. The van der Waals surface area contributed by atoms with E-state index in [2.05, 4.69) is 0 Å². The van der Waals surface area contributed by atoms with Gasteiger partial charge < -0.3 is 20.1 Å². The summed E-state index contributed by atoms with van der Waals surface area (Å²) in [5.74, 6) is -2.54. The monoisotopic (exact) mass is 316 g/mol. The molecule has 0 aromatic heterocycles. The molecule has 0 aliphatic carbocycles. The van der Waals surface area contributed by atoms with Gasteiger partial charge in [0.1, 0.15) is 28.2 Å². The van der Waals surface area contributed by atoms with Crippen molar-refractivity contribution in [3.05, 3.63) is 59.2 Å². The molecule has 0 aliphatic heterocycles. The Morgan fingerprint density at radius 2 is 1.57 bits per heavy atom. The lowest BCUT2D eigenvalue weighted by molar-refractivity contribution is 0.0671. The average Bonchev–Trinajstić information content (AvgIpc) is 2.47. The van der Waals surface area contributed by atoms with Crippen LogP contribution in [0, 0.1) is 0 Å². The fourth-order valence-corrected chi connectivity index (χ4v) is 2.15. The van der Waals surface area contributed by atoms with Crippen molar-refractivity contribution in [3.63, 3.8) is 0 Å². The van der Waals surface area contributed by atoms with Gasteiger partial charge in [-0.2, -0.15) is 0 Å². The highest BCUT2D eigenvalue weighted by molar-refractivity contribution is 5.91. The summed E-state index contributed by atoms with van der Waals surface area (Å²) in [5, 5.41) is 27.9. The lowest BCUT2D eigenvalue weighted by Gasteiger charge is -2.28. The standard InChI is InChI=1S/C17H16O6/c1-17(2,10-7-8-13(18)12(9-10)16(21)22)23-14-6-4-3-5-11(14)15(19)20/h3-9,18H,1-2H3,(H,19,20)(H,21,22). The van der Waals surface area contributed by atoms with Crippen molar-refractivity contribution in [2.24, 2.45) is 0 Å². The van der Waals surface area contributed by atoms with E-state index < -0.39 is 17.5 Å². The van der Waals surface area contributed by atoms with E-state index in [9.17, 15) is 19.8 Å². The molecule has 0 saturated heterocycles. The van der Waals surface area contributed by atoms with Crippen LogP contribution < -0.4 is 4.74 Å². The summed E-state index contributed by atoms with van der Waals surface area (Å²) in [7, 11) is 0. The van der Waals surface area contributed by atoms with Crippen molar-refractivity contribution in [1.82, 2.24) is 0 Å². The number of aromatic hydroxyl groups is 1. The first kappa shape index (κ1) is 16.4. The van der Waals surface area contributed by atoms with Gasteiger partial charge in [-0.25, -0.2) is 9.59 Å². The van der Waals surface area contributed by atoms with Crippen LogP contribution in [0.5, 0.6) is 11.5 Å². The third-order valence-corrected chi connectivity index (χ3v) is 3.40. The Morgan fingerprint density at radius 3 is 2.17 bits per heavy atom. The summed E-state index contributed by atoms with van der Waals surface area (Å²) >= 11 is 0. The van der Waals surface area contributed by atoms with Crippen LogP contribution in [0.25, 0.3) is 0 Å². The molecule has 0 aliphatic rings. The predicted octanol–water partition coefficient (Wildman–Crippen LogP) is 3.10. The molecular formula is C17H16O6. The molecule has 6 nitrogen and oxygen atoms in total. The zero-order chi connectivity index (χ0) is 17.2. The van der Waals surface area contributed by atoms with E-state index in [4.69, 9.17) is 9.84 Å². The van der Waals surface area contributed by atoms with Crippen LogP contribution in [0.1, 0.15) is 40.1 Å². The lowest BCUT2D eigenvalue weighted by Crippen LogP contribution is -2.26. The number of carbonyl (C=O) groups is 2. The van der Waals surface area contributed by atoms with Gasteiger partial charge in [-0.1, -0.05) is 18.2 Å². The van der Waals surface area contributed by atoms with E-state index in [-0.39, 0.29) is 22.6 Å². The summed E-state index contributed by atoms with van der Waals surface area (Å²) in [6, 6.07) is 10.3. The van der Waals surface area contributed by atoms with Crippen molar-refractivity contribution in [2.75, 3.05) is 0 Å². The number of carboxylic acid groups (broad SMARTS) is 2. The van der Waals surface area contributed by atoms with E-state index in [1.54, 1.807) is 26.0 Å². The fourth-order valence-electron chi connectivity index (χ4n) is 2.15. The molecule has 0 saturated carbocycles. The number of aromatic carboxylic acids is 2. The molecule has 0 unspecified atom stereocenters. The third kappa shape index (κ3) is 3.42. The van der Waals surface area contributed by atoms with Crippen molar-refractivity contribution in [2.45, 2.75) is 19.4 Å². The number of ether oxygens (including phenoxy) is 1.